The van der Waals surface area contributed by atoms with E-state index in [2.05, 4.69) is 13.6 Å². The Kier molecular flexibility index (Phi) is 19.1. The lowest BCUT2D eigenvalue weighted by atomic mass is 10.4. The van der Waals surface area contributed by atoms with Crippen LogP contribution in [0.5, 0.6) is 0 Å². The van der Waals surface area contributed by atoms with Gasteiger partial charge < -0.3 is 4.89 Å². The molecule has 0 amide bonds. The summed E-state index contributed by atoms with van der Waals surface area (Å²) in [5.74, 6) is 0. The van der Waals surface area contributed by atoms with Gasteiger partial charge in [-0.2, -0.15) is 0 Å². The molecule has 1 N–H and O–H groups in total. The third-order valence-electron chi connectivity index (χ3n) is 2.28. The van der Waals surface area contributed by atoms with E-state index in [-0.39, 0.29) is 13.2 Å². The first kappa shape index (κ1) is 21.8. The molecule has 6 heteroatoms. The monoisotopic (exact) mass is 314 g/mol. The molecule has 0 fully saturated rings. The van der Waals surface area contributed by atoms with Crippen molar-refractivity contribution >= 4 is 16.4 Å². The fraction of sp³-hybridized carbons (Fsp3) is 1.00. The van der Waals surface area contributed by atoms with Gasteiger partial charge in [-0.3, -0.25) is 9.05 Å². The van der Waals surface area contributed by atoms with Gasteiger partial charge in [0.05, 0.1) is 13.2 Å². The third-order valence-corrected chi connectivity index (χ3v) is 4.16. The van der Waals surface area contributed by atoms with E-state index in [1.807, 2.05) is 13.8 Å². The van der Waals surface area contributed by atoms with E-state index < -0.39 is 7.82 Å². The Morgan fingerprint density at radius 3 is 1.63 bits per heavy atom. The number of unbranched alkanes of at least 4 members (excludes halogenated alkanes) is 3. The molecule has 0 radical (unpaired) electrons. The smallest absolute Gasteiger partial charge is 0.302 e. The Morgan fingerprint density at radius 1 is 0.947 bits per heavy atom. The summed E-state index contributed by atoms with van der Waals surface area (Å²) >= 11 is 0. The van der Waals surface area contributed by atoms with Gasteiger partial charge in [-0.25, -0.2) is 4.57 Å². The number of phosphoric acid groups is 1. The van der Waals surface area contributed by atoms with Crippen LogP contribution in [0.4, 0.5) is 0 Å². The Bertz CT molecular complexity index is 195. The minimum absolute atomic E-state index is 0.288. The third kappa shape index (κ3) is 21.0. The lowest BCUT2D eigenvalue weighted by Gasteiger charge is -2.10. The highest BCUT2D eigenvalue weighted by Gasteiger charge is 2.19. The quantitative estimate of drug-likeness (QED) is 0.439. The highest BCUT2D eigenvalue weighted by Crippen LogP contribution is 2.43. The molecule has 0 saturated heterocycles. The van der Waals surface area contributed by atoms with E-state index in [4.69, 9.17) is 13.9 Å². The molecule has 0 heterocycles. The van der Waals surface area contributed by atoms with Crippen LogP contribution in [0.3, 0.4) is 0 Å². The predicted octanol–water partition coefficient (Wildman–Crippen LogP) is 4.82. The van der Waals surface area contributed by atoms with Gasteiger partial charge in [0.25, 0.3) is 0 Å². The molecule has 0 bridgehead atoms. The number of hydrogen-bond acceptors (Lipinski definition) is 3. The summed E-state index contributed by atoms with van der Waals surface area (Å²) in [6.45, 7) is 9.05. The summed E-state index contributed by atoms with van der Waals surface area (Å²) in [6, 6.07) is 0. The maximum atomic E-state index is 11.1. The van der Waals surface area contributed by atoms with Crippen LogP contribution in [0.1, 0.15) is 59.3 Å². The summed E-state index contributed by atoms with van der Waals surface area (Å²) in [7, 11) is -2.59. The Morgan fingerprint density at radius 2 is 1.37 bits per heavy atom. The molecule has 0 aliphatic carbocycles. The maximum Gasteiger partial charge on any atom is 0.472 e. The van der Waals surface area contributed by atoms with Gasteiger partial charge in [0, 0.05) is 0 Å². The highest BCUT2D eigenvalue weighted by atomic mass is 31.2. The molecule has 0 saturated carbocycles. The van der Waals surface area contributed by atoms with Crippen LogP contribution in [0.15, 0.2) is 0 Å². The van der Waals surface area contributed by atoms with Crippen molar-refractivity contribution in [1.29, 1.82) is 0 Å². The Balaban J connectivity index is 0. The van der Waals surface area contributed by atoms with E-state index in [1.54, 1.807) is 0 Å². The van der Waals surface area contributed by atoms with Crippen molar-refractivity contribution in [2.75, 3.05) is 26.0 Å². The normalized spacial score (nSPS) is 11.6. The van der Waals surface area contributed by atoms with Gasteiger partial charge in [-0.05, 0) is 32.1 Å². The first-order valence-electron chi connectivity index (χ1n) is 7.30. The number of rotatable bonds is 11. The number of hydrogen-bond donors (Lipinski definition) is 1. The lowest BCUT2D eigenvalue weighted by Crippen LogP contribution is -1.98. The molecule has 0 rings (SSSR count). The van der Waals surface area contributed by atoms with Crippen molar-refractivity contribution in [3.63, 3.8) is 0 Å². The summed E-state index contributed by atoms with van der Waals surface area (Å²) in [5.41, 5.74) is 0. The van der Waals surface area contributed by atoms with Crippen molar-refractivity contribution in [3.8, 4) is 0 Å². The van der Waals surface area contributed by atoms with E-state index in [9.17, 15) is 4.57 Å². The maximum absolute atomic E-state index is 11.1. The van der Waals surface area contributed by atoms with Crippen LogP contribution in [0.2, 0.25) is 0 Å². The van der Waals surface area contributed by atoms with Crippen LogP contribution in [0, 0.1) is 0 Å². The van der Waals surface area contributed by atoms with Gasteiger partial charge in [0.1, 0.15) is 0 Å². The topological polar surface area (TPSA) is 55.8 Å². The largest absolute Gasteiger partial charge is 0.472 e. The molecule has 0 aromatic carbocycles. The second-order valence-electron chi connectivity index (χ2n) is 4.30. The molecule has 118 valence electrons. The fourth-order valence-electron chi connectivity index (χ4n) is 1.04. The van der Waals surface area contributed by atoms with Crippen LogP contribution >= 0.6 is 16.4 Å². The van der Waals surface area contributed by atoms with E-state index >= 15 is 0 Å². The summed E-state index contributed by atoms with van der Waals surface area (Å²) < 4.78 is 20.5. The summed E-state index contributed by atoms with van der Waals surface area (Å²) in [4.78, 5) is 9.08. The average molecular weight is 314 g/mol. The first-order chi connectivity index (χ1) is 9.04. The van der Waals surface area contributed by atoms with Crippen molar-refractivity contribution in [3.05, 3.63) is 0 Å². The van der Waals surface area contributed by atoms with Gasteiger partial charge in [0.2, 0.25) is 0 Å². The van der Waals surface area contributed by atoms with E-state index in [1.165, 1.54) is 19.0 Å². The Labute approximate surface area is 121 Å². The minimum Gasteiger partial charge on any atom is -0.302 e. The Hall–Kier alpha value is 0.540. The van der Waals surface area contributed by atoms with Gasteiger partial charge in [-0.15, -0.1) is 8.58 Å². The molecule has 1 unspecified atom stereocenters. The van der Waals surface area contributed by atoms with E-state index in [0.29, 0.717) is 0 Å². The summed E-state index contributed by atoms with van der Waals surface area (Å²) in [6.07, 6.45) is 7.67. The highest BCUT2D eigenvalue weighted by molar-refractivity contribution is 7.47. The molecule has 1 atom stereocenters. The summed E-state index contributed by atoms with van der Waals surface area (Å²) in [5, 5.41) is 0. The van der Waals surface area contributed by atoms with Crippen LogP contribution in [0.25, 0.3) is 0 Å². The van der Waals surface area contributed by atoms with Gasteiger partial charge >= 0.3 is 7.82 Å². The SMILES string of the molecule is CCCCOP(=O)(O)OCCCC.CCCCPC. The molecule has 0 aliphatic heterocycles. The number of phosphoric ester groups is 1. The zero-order valence-corrected chi connectivity index (χ0v) is 14.9. The second kappa shape index (κ2) is 16.6. The molecule has 0 aromatic heterocycles. The molecule has 0 spiro atoms. The van der Waals surface area contributed by atoms with Crippen LogP contribution < -0.4 is 0 Å². The molecule has 4 nitrogen and oxygen atoms in total. The average Bonchev–Trinajstić information content (AvgIpc) is 2.37. The van der Waals surface area contributed by atoms with Crippen molar-refractivity contribution in [2.24, 2.45) is 0 Å². The molecular formula is C13H32O4P2. The molecule has 0 aliphatic rings. The lowest BCUT2D eigenvalue weighted by molar-refractivity contribution is 0.146. The molecular weight excluding hydrogens is 282 g/mol. The predicted molar refractivity (Wildman–Crippen MR) is 85.6 cm³/mol. The van der Waals surface area contributed by atoms with Gasteiger partial charge in [0.15, 0.2) is 0 Å². The van der Waals surface area contributed by atoms with Crippen LogP contribution in [-0.4, -0.2) is 30.9 Å². The van der Waals surface area contributed by atoms with Gasteiger partial charge in [-0.1, -0.05) is 40.0 Å². The minimum atomic E-state index is -3.75. The molecule has 19 heavy (non-hydrogen) atoms. The van der Waals surface area contributed by atoms with Crippen molar-refractivity contribution in [1.82, 2.24) is 0 Å². The van der Waals surface area contributed by atoms with Crippen molar-refractivity contribution < 1.29 is 18.5 Å². The zero-order chi connectivity index (χ0) is 15.0. The van der Waals surface area contributed by atoms with Crippen molar-refractivity contribution in [2.45, 2.75) is 59.3 Å². The second-order valence-corrected chi connectivity index (χ2v) is 6.96. The van der Waals surface area contributed by atoms with E-state index in [0.717, 1.165) is 34.3 Å². The van der Waals surface area contributed by atoms with Crippen LogP contribution in [-0.2, 0) is 13.6 Å². The standard InChI is InChI=1S/C8H19O4P.C5H13P/c1-3-5-7-11-13(9,10)12-8-6-4-2;1-3-4-5-6-2/h3-8H2,1-2H3,(H,9,10);6H,3-5H2,1-2H3. The molecule has 0 aromatic rings. The first-order valence-corrected chi connectivity index (χ1v) is 10.5. The fourth-order valence-corrected chi connectivity index (χ4v) is 2.54. The zero-order valence-electron chi connectivity index (χ0n) is 13.0.